The lowest BCUT2D eigenvalue weighted by Gasteiger charge is -2.03. The van der Waals surface area contributed by atoms with Gasteiger partial charge in [0.15, 0.2) is 0 Å². The van der Waals surface area contributed by atoms with Gasteiger partial charge in [-0.2, -0.15) is 0 Å². The second-order valence-electron chi connectivity index (χ2n) is 2.93. The van der Waals surface area contributed by atoms with E-state index in [0.717, 1.165) is 6.42 Å². The smallest absolute Gasteiger partial charge is 0.301 e. The molecule has 0 heterocycles. The van der Waals surface area contributed by atoms with Crippen molar-refractivity contribution in [2.75, 3.05) is 13.2 Å². The topological polar surface area (TPSA) is 38.7 Å². The van der Waals surface area contributed by atoms with Gasteiger partial charge in [0.1, 0.15) is 0 Å². The van der Waals surface area contributed by atoms with E-state index >= 15 is 0 Å². The van der Waals surface area contributed by atoms with Crippen molar-refractivity contribution >= 4 is 10.0 Å². The summed E-state index contributed by atoms with van der Waals surface area (Å²) in [4.78, 5) is 8.48. The Morgan fingerprint density at radius 2 is 1.93 bits per heavy atom. The van der Waals surface area contributed by atoms with Crippen LogP contribution in [0.15, 0.2) is 30.3 Å². The summed E-state index contributed by atoms with van der Waals surface area (Å²) in [5, 5.41) is 0. The van der Waals surface area contributed by atoms with Gasteiger partial charge in [0.25, 0.3) is 0 Å². The zero-order valence-corrected chi connectivity index (χ0v) is 9.60. The molecular formula is C10H16O3Si. The van der Waals surface area contributed by atoms with E-state index in [1.54, 1.807) is 0 Å². The number of hydrogen-bond donors (Lipinski definition) is 1. The van der Waals surface area contributed by atoms with Crippen molar-refractivity contribution in [2.45, 2.75) is 13.0 Å². The van der Waals surface area contributed by atoms with Gasteiger partial charge >= 0.3 is 10.0 Å². The summed E-state index contributed by atoms with van der Waals surface area (Å²) in [5.74, 6) is 0. The maximum atomic E-state index is 8.48. The molecule has 0 spiro atoms. The molecule has 0 aliphatic heterocycles. The number of hydrogen-bond acceptors (Lipinski definition) is 3. The molecule has 0 aliphatic carbocycles. The molecule has 78 valence electrons. The van der Waals surface area contributed by atoms with Crippen molar-refractivity contribution in [3.63, 3.8) is 0 Å². The van der Waals surface area contributed by atoms with Gasteiger partial charge in [0.2, 0.25) is 0 Å². The van der Waals surface area contributed by atoms with Crippen molar-refractivity contribution in [1.82, 2.24) is 0 Å². The van der Waals surface area contributed by atoms with Crippen molar-refractivity contribution < 1.29 is 14.0 Å². The molecule has 0 atom stereocenters. The first-order chi connectivity index (χ1) is 6.93. The number of benzene rings is 1. The molecule has 0 fully saturated rings. The van der Waals surface area contributed by atoms with Gasteiger partial charge in [-0.05, 0) is 12.0 Å². The molecule has 3 nitrogen and oxygen atoms in total. The van der Waals surface area contributed by atoms with Crippen LogP contribution in [-0.2, 0) is 15.8 Å². The number of ether oxygens (including phenoxy) is 1. The molecule has 1 N–H and O–H groups in total. The maximum Gasteiger partial charge on any atom is 0.301 e. The largest absolute Gasteiger partial charge is 0.415 e. The fraction of sp³-hybridized carbons (Fsp3) is 0.400. The molecule has 0 aromatic heterocycles. The van der Waals surface area contributed by atoms with E-state index in [1.165, 1.54) is 5.56 Å². The second kappa shape index (κ2) is 7.70. The highest BCUT2D eigenvalue weighted by molar-refractivity contribution is 6.15. The minimum absolute atomic E-state index is 0.609. The van der Waals surface area contributed by atoms with E-state index in [0.29, 0.717) is 19.8 Å². The lowest BCUT2D eigenvalue weighted by Crippen LogP contribution is -2.03. The van der Waals surface area contributed by atoms with Crippen LogP contribution < -0.4 is 0 Å². The fourth-order valence-electron chi connectivity index (χ4n) is 1.09. The predicted octanol–water partition coefficient (Wildman–Crippen LogP) is 0.601. The molecular weight excluding hydrogens is 196 g/mol. The summed E-state index contributed by atoms with van der Waals surface area (Å²) in [6, 6.07) is 10.1. The molecule has 14 heavy (non-hydrogen) atoms. The Bertz CT molecular complexity index is 228. The zero-order chi connectivity index (χ0) is 10.1. The van der Waals surface area contributed by atoms with Crippen LogP contribution in [0.25, 0.3) is 0 Å². The Kier molecular flexibility index (Phi) is 6.26. The summed E-state index contributed by atoms with van der Waals surface area (Å²) >= 11 is 0. The molecule has 4 heteroatoms. The summed E-state index contributed by atoms with van der Waals surface area (Å²) in [6.07, 6.45) is 0.848. The average molecular weight is 212 g/mol. The van der Waals surface area contributed by atoms with E-state index in [-0.39, 0.29) is 0 Å². The van der Waals surface area contributed by atoms with Gasteiger partial charge < -0.3 is 14.0 Å². The molecule has 0 saturated carbocycles. The van der Waals surface area contributed by atoms with Gasteiger partial charge in [0.05, 0.1) is 6.61 Å². The zero-order valence-electron chi connectivity index (χ0n) is 8.19. The van der Waals surface area contributed by atoms with Crippen LogP contribution in [0.1, 0.15) is 12.0 Å². The molecule has 1 aromatic rings. The van der Waals surface area contributed by atoms with Gasteiger partial charge in [-0.15, -0.1) is 0 Å². The normalized spacial score (nSPS) is 11.2. The first kappa shape index (κ1) is 11.4. The minimum atomic E-state index is -1.23. The van der Waals surface area contributed by atoms with Crippen LogP contribution in [-0.4, -0.2) is 28.0 Å². The van der Waals surface area contributed by atoms with Gasteiger partial charge in [-0.1, -0.05) is 30.3 Å². The SMILES string of the molecule is O[SiH2]OCCCOCc1ccccc1. The first-order valence-electron chi connectivity index (χ1n) is 4.74. The molecule has 1 rings (SSSR count). The molecule has 0 amide bonds. The predicted molar refractivity (Wildman–Crippen MR) is 57.4 cm³/mol. The van der Waals surface area contributed by atoms with Crippen LogP contribution in [0.2, 0.25) is 0 Å². The Balaban J connectivity index is 1.99. The third-order valence-electron chi connectivity index (χ3n) is 1.78. The lowest BCUT2D eigenvalue weighted by atomic mass is 10.2. The summed E-state index contributed by atoms with van der Waals surface area (Å²) < 4.78 is 10.3. The number of rotatable bonds is 7. The Morgan fingerprint density at radius 3 is 2.64 bits per heavy atom. The molecule has 0 unspecified atom stereocenters. The maximum absolute atomic E-state index is 8.48. The Hall–Kier alpha value is -0.683. The molecule has 0 bridgehead atoms. The molecule has 0 radical (unpaired) electrons. The monoisotopic (exact) mass is 212 g/mol. The van der Waals surface area contributed by atoms with Crippen molar-refractivity contribution in [3.8, 4) is 0 Å². The second-order valence-corrected chi connectivity index (χ2v) is 3.60. The Morgan fingerprint density at radius 1 is 1.14 bits per heavy atom. The fourth-order valence-corrected chi connectivity index (χ4v) is 1.43. The minimum Gasteiger partial charge on any atom is -0.415 e. The van der Waals surface area contributed by atoms with Crippen molar-refractivity contribution in [1.29, 1.82) is 0 Å². The third kappa shape index (κ3) is 5.13. The van der Waals surface area contributed by atoms with Crippen molar-refractivity contribution in [3.05, 3.63) is 35.9 Å². The highest BCUT2D eigenvalue weighted by atomic mass is 28.2. The highest BCUT2D eigenvalue weighted by Gasteiger charge is 1.91. The van der Waals surface area contributed by atoms with Crippen molar-refractivity contribution in [2.24, 2.45) is 0 Å². The van der Waals surface area contributed by atoms with Crippen LogP contribution in [0.3, 0.4) is 0 Å². The van der Waals surface area contributed by atoms with Gasteiger partial charge in [-0.3, -0.25) is 0 Å². The quantitative estimate of drug-likeness (QED) is 0.531. The summed E-state index contributed by atoms with van der Waals surface area (Å²) in [5.41, 5.74) is 1.19. The average Bonchev–Trinajstić information content (AvgIpc) is 2.25. The lowest BCUT2D eigenvalue weighted by molar-refractivity contribution is 0.106. The van der Waals surface area contributed by atoms with Crippen LogP contribution in [0.4, 0.5) is 0 Å². The van der Waals surface area contributed by atoms with Gasteiger partial charge in [0, 0.05) is 13.2 Å². The van der Waals surface area contributed by atoms with E-state index in [4.69, 9.17) is 14.0 Å². The molecule has 1 aromatic carbocycles. The summed E-state index contributed by atoms with van der Waals surface area (Å²) in [7, 11) is -1.23. The van der Waals surface area contributed by atoms with E-state index in [9.17, 15) is 0 Å². The Labute approximate surface area is 86.7 Å². The van der Waals surface area contributed by atoms with Gasteiger partial charge in [-0.25, -0.2) is 0 Å². The van der Waals surface area contributed by atoms with E-state index < -0.39 is 10.0 Å². The standard InChI is InChI=1S/C10H16O3Si/c11-14-13-8-4-7-12-9-10-5-2-1-3-6-10/h1-3,5-6,11H,4,7-9,14H2. The van der Waals surface area contributed by atoms with Crippen LogP contribution in [0, 0.1) is 0 Å². The first-order valence-corrected chi connectivity index (χ1v) is 5.94. The molecule has 0 aliphatic rings. The van der Waals surface area contributed by atoms with Crippen LogP contribution >= 0.6 is 0 Å². The van der Waals surface area contributed by atoms with E-state index in [1.807, 2.05) is 30.3 Å². The van der Waals surface area contributed by atoms with E-state index in [2.05, 4.69) is 0 Å². The van der Waals surface area contributed by atoms with Crippen LogP contribution in [0.5, 0.6) is 0 Å². The highest BCUT2D eigenvalue weighted by Crippen LogP contribution is 2.00. The molecule has 0 saturated heterocycles. The summed E-state index contributed by atoms with van der Waals surface area (Å²) in [6.45, 7) is 1.94. The third-order valence-corrected chi connectivity index (χ3v) is 2.25.